The third-order valence-electron chi connectivity index (χ3n) is 4.02. The van der Waals surface area contributed by atoms with Crippen LogP contribution in [-0.4, -0.2) is 47.0 Å². The molecule has 8 heteroatoms. The van der Waals surface area contributed by atoms with Gasteiger partial charge in [0.2, 0.25) is 11.8 Å². The highest BCUT2D eigenvalue weighted by Crippen LogP contribution is 2.21. The van der Waals surface area contributed by atoms with Crippen molar-refractivity contribution in [3.8, 4) is 0 Å². The molecule has 0 radical (unpaired) electrons. The van der Waals surface area contributed by atoms with Crippen molar-refractivity contribution in [1.29, 1.82) is 0 Å². The smallest absolute Gasteiger partial charge is 0.269 e. The summed E-state index contributed by atoms with van der Waals surface area (Å²) in [6, 6.07) is 6.14. The third-order valence-corrected chi connectivity index (χ3v) is 5.03. The number of nitro groups is 1. The highest BCUT2D eigenvalue weighted by molar-refractivity contribution is 8.00. The molecule has 0 spiro atoms. The number of nitrogens with one attached hydrogen (secondary N) is 1. The number of nitrogens with zero attached hydrogens (tertiary/aromatic N) is 2. The Morgan fingerprint density at radius 1 is 1.24 bits per heavy atom. The van der Waals surface area contributed by atoms with Crippen LogP contribution >= 0.6 is 11.8 Å². The van der Waals surface area contributed by atoms with Gasteiger partial charge in [-0.25, -0.2) is 0 Å². The van der Waals surface area contributed by atoms with E-state index in [9.17, 15) is 19.7 Å². The third kappa shape index (κ3) is 6.74. The fraction of sp³-hybridized carbons (Fsp3) is 0.529. The Hall–Kier alpha value is -2.09. The fourth-order valence-corrected chi connectivity index (χ4v) is 3.37. The summed E-state index contributed by atoms with van der Waals surface area (Å²) in [5.74, 6) is 0.406. The molecule has 1 saturated heterocycles. The number of hydrogen-bond acceptors (Lipinski definition) is 5. The molecule has 1 heterocycles. The summed E-state index contributed by atoms with van der Waals surface area (Å²) in [6.07, 6.45) is 4.53. The monoisotopic (exact) mass is 365 g/mol. The zero-order valence-corrected chi connectivity index (χ0v) is 14.9. The predicted octanol–water partition coefficient (Wildman–Crippen LogP) is 2.60. The molecule has 1 N–H and O–H groups in total. The van der Waals surface area contributed by atoms with Gasteiger partial charge < -0.3 is 10.2 Å². The molecule has 1 aromatic rings. The molecule has 7 nitrogen and oxygen atoms in total. The lowest BCUT2D eigenvalue weighted by Crippen LogP contribution is -2.34. The molecule has 136 valence electrons. The van der Waals surface area contributed by atoms with Gasteiger partial charge in [-0.1, -0.05) is 6.42 Å². The Balaban J connectivity index is 1.62. The molecule has 2 amide bonds. The topological polar surface area (TPSA) is 92.5 Å². The minimum atomic E-state index is -0.448. The average molecular weight is 365 g/mol. The maximum absolute atomic E-state index is 11.9. The van der Waals surface area contributed by atoms with Crippen molar-refractivity contribution in [2.45, 2.75) is 37.0 Å². The summed E-state index contributed by atoms with van der Waals surface area (Å²) in [6.45, 7) is 2.06. The molecule has 2 rings (SSSR count). The predicted molar refractivity (Wildman–Crippen MR) is 96.5 cm³/mol. The molecule has 0 saturated carbocycles. The van der Waals surface area contributed by atoms with Gasteiger partial charge in [0.25, 0.3) is 5.69 Å². The van der Waals surface area contributed by atoms with E-state index in [0.29, 0.717) is 19.5 Å². The van der Waals surface area contributed by atoms with Crippen molar-refractivity contribution in [2.75, 3.05) is 25.4 Å². The highest BCUT2D eigenvalue weighted by Gasteiger charge is 2.15. The largest absolute Gasteiger partial charge is 0.355 e. The van der Waals surface area contributed by atoms with E-state index in [-0.39, 0.29) is 23.3 Å². The molecule has 0 unspecified atom stereocenters. The van der Waals surface area contributed by atoms with Crippen LogP contribution in [0.25, 0.3) is 0 Å². The number of carbonyl (C=O) groups excluding carboxylic acids is 2. The number of rotatable bonds is 8. The minimum absolute atomic E-state index is 0.0388. The fourth-order valence-electron chi connectivity index (χ4n) is 2.64. The van der Waals surface area contributed by atoms with Crippen LogP contribution in [0.5, 0.6) is 0 Å². The van der Waals surface area contributed by atoms with Gasteiger partial charge in [0, 0.05) is 43.1 Å². The second kappa shape index (κ2) is 10.0. The van der Waals surface area contributed by atoms with Gasteiger partial charge in [-0.2, -0.15) is 0 Å². The number of thioether (sulfide) groups is 1. The molecule has 1 aromatic carbocycles. The van der Waals surface area contributed by atoms with Gasteiger partial charge in [-0.05, 0) is 31.4 Å². The van der Waals surface area contributed by atoms with Crippen LogP contribution in [0.3, 0.4) is 0 Å². The van der Waals surface area contributed by atoms with Crippen molar-refractivity contribution < 1.29 is 14.5 Å². The SMILES string of the molecule is O=C(CSc1ccc([N+](=O)[O-])cc1)NCCCN1CCCCCC1=O. The lowest BCUT2D eigenvalue weighted by molar-refractivity contribution is -0.384. The van der Waals surface area contributed by atoms with Crippen molar-refractivity contribution in [2.24, 2.45) is 0 Å². The van der Waals surface area contributed by atoms with Gasteiger partial charge in [-0.15, -0.1) is 11.8 Å². The average Bonchev–Trinajstić information content (AvgIpc) is 2.81. The number of likely N-dealkylation sites (tertiary alicyclic amines) is 1. The molecule has 0 aliphatic carbocycles. The van der Waals surface area contributed by atoms with Crippen molar-refractivity contribution in [1.82, 2.24) is 10.2 Å². The van der Waals surface area contributed by atoms with Gasteiger partial charge in [0.1, 0.15) is 0 Å². The maximum atomic E-state index is 11.9. The summed E-state index contributed by atoms with van der Waals surface area (Å²) in [7, 11) is 0. The van der Waals surface area contributed by atoms with E-state index in [2.05, 4.69) is 5.32 Å². The van der Waals surface area contributed by atoms with E-state index in [1.807, 2.05) is 4.90 Å². The second-order valence-corrected chi connectivity index (χ2v) is 6.98. The van der Waals surface area contributed by atoms with Gasteiger partial charge in [0.15, 0.2) is 0 Å². The van der Waals surface area contributed by atoms with Crippen LogP contribution in [0.15, 0.2) is 29.2 Å². The van der Waals surface area contributed by atoms with E-state index < -0.39 is 4.92 Å². The standard InChI is InChI=1S/C17H23N3O4S/c21-16(13-25-15-8-6-14(7-9-15)20(23)24)18-10-4-12-19-11-3-1-2-5-17(19)22/h6-9H,1-5,10-13H2,(H,18,21). The first-order valence-corrected chi connectivity index (χ1v) is 9.46. The molecule has 1 aliphatic heterocycles. The maximum Gasteiger partial charge on any atom is 0.269 e. The molecule has 25 heavy (non-hydrogen) atoms. The first kappa shape index (κ1) is 19.2. The quantitative estimate of drug-likeness (QED) is 0.331. The molecular formula is C17H23N3O4S. The molecule has 1 fully saturated rings. The van der Waals surface area contributed by atoms with Gasteiger partial charge >= 0.3 is 0 Å². The van der Waals surface area contributed by atoms with Crippen LogP contribution in [-0.2, 0) is 9.59 Å². The van der Waals surface area contributed by atoms with E-state index in [1.54, 1.807) is 12.1 Å². The molecule has 0 aromatic heterocycles. The summed E-state index contributed by atoms with van der Waals surface area (Å²) in [5, 5.41) is 13.4. The van der Waals surface area contributed by atoms with Crippen LogP contribution in [0.2, 0.25) is 0 Å². The van der Waals surface area contributed by atoms with Crippen LogP contribution in [0.1, 0.15) is 32.1 Å². The molecule has 0 bridgehead atoms. The van der Waals surface area contributed by atoms with Gasteiger partial charge in [-0.3, -0.25) is 19.7 Å². The number of non-ortho nitro benzene ring substituents is 1. The summed E-state index contributed by atoms with van der Waals surface area (Å²) in [5.41, 5.74) is 0.0388. The van der Waals surface area contributed by atoms with Crippen molar-refractivity contribution in [3.63, 3.8) is 0 Å². The Morgan fingerprint density at radius 3 is 2.72 bits per heavy atom. The Labute approximate surface area is 151 Å². The van der Waals surface area contributed by atoms with Gasteiger partial charge in [0.05, 0.1) is 10.7 Å². The first-order chi connectivity index (χ1) is 12.1. The van der Waals surface area contributed by atoms with E-state index in [0.717, 1.165) is 37.1 Å². The number of nitro benzene ring substituents is 1. The second-order valence-electron chi connectivity index (χ2n) is 5.93. The molecule has 1 aliphatic rings. The van der Waals surface area contributed by atoms with Crippen LogP contribution in [0, 0.1) is 10.1 Å². The zero-order chi connectivity index (χ0) is 18.1. The number of benzene rings is 1. The Kier molecular flexibility index (Phi) is 7.72. The minimum Gasteiger partial charge on any atom is -0.355 e. The number of carbonyl (C=O) groups is 2. The summed E-state index contributed by atoms with van der Waals surface area (Å²) >= 11 is 1.34. The first-order valence-electron chi connectivity index (χ1n) is 8.48. The Bertz CT molecular complexity index is 606. The molecule has 0 atom stereocenters. The summed E-state index contributed by atoms with van der Waals surface area (Å²) < 4.78 is 0. The normalized spacial score (nSPS) is 14.9. The highest BCUT2D eigenvalue weighted by atomic mass is 32.2. The lowest BCUT2D eigenvalue weighted by atomic mass is 10.2. The number of hydrogen-bond donors (Lipinski definition) is 1. The summed E-state index contributed by atoms with van der Waals surface area (Å²) in [4.78, 5) is 36.6. The Morgan fingerprint density at radius 2 is 2.00 bits per heavy atom. The van der Waals surface area contributed by atoms with E-state index in [1.165, 1.54) is 23.9 Å². The van der Waals surface area contributed by atoms with E-state index >= 15 is 0 Å². The molecular weight excluding hydrogens is 342 g/mol. The van der Waals surface area contributed by atoms with Crippen molar-refractivity contribution in [3.05, 3.63) is 34.4 Å². The van der Waals surface area contributed by atoms with Crippen molar-refractivity contribution >= 4 is 29.3 Å². The number of amides is 2. The van der Waals surface area contributed by atoms with Crippen LogP contribution in [0.4, 0.5) is 5.69 Å². The zero-order valence-electron chi connectivity index (χ0n) is 14.1. The van der Waals surface area contributed by atoms with Crippen LogP contribution < -0.4 is 5.32 Å². The van der Waals surface area contributed by atoms with E-state index in [4.69, 9.17) is 0 Å². The lowest BCUT2D eigenvalue weighted by Gasteiger charge is -2.20.